The van der Waals surface area contributed by atoms with Gasteiger partial charge in [0, 0.05) is 6.26 Å². The number of H-pyrrole nitrogens is 1. The number of halogens is 2. The SMILES string of the molecule is Cc1[nH]c(C(OCC2CC2c2ccccc2)c2ccc(F)c(Cl)c2)nc1S(C)(=O)=O. The first kappa shape index (κ1) is 21.0. The summed E-state index contributed by atoms with van der Waals surface area (Å²) in [6.45, 7) is 2.11. The second-order valence-electron chi connectivity index (χ2n) is 7.72. The molecule has 1 heterocycles. The van der Waals surface area contributed by atoms with Crippen LogP contribution in [0.15, 0.2) is 53.6 Å². The molecular formula is C22H22ClFN2O3S. The number of sulfone groups is 1. The van der Waals surface area contributed by atoms with Crippen LogP contribution in [0, 0.1) is 18.7 Å². The molecule has 1 aliphatic rings. The normalized spacial score (nSPS) is 19.6. The third-order valence-corrected chi connectivity index (χ3v) is 6.72. The van der Waals surface area contributed by atoms with Crippen LogP contribution in [0.25, 0.3) is 0 Å². The molecule has 0 spiro atoms. The third-order valence-electron chi connectivity index (χ3n) is 5.33. The number of aryl methyl sites for hydroxylation is 1. The molecule has 0 aliphatic heterocycles. The van der Waals surface area contributed by atoms with E-state index in [0.717, 1.165) is 12.7 Å². The van der Waals surface area contributed by atoms with Crippen molar-refractivity contribution in [3.63, 3.8) is 0 Å². The van der Waals surface area contributed by atoms with Gasteiger partial charge in [-0.3, -0.25) is 0 Å². The number of ether oxygens (including phenoxy) is 1. The van der Waals surface area contributed by atoms with Gasteiger partial charge in [0.2, 0.25) is 0 Å². The smallest absolute Gasteiger partial charge is 0.194 e. The van der Waals surface area contributed by atoms with E-state index in [-0.39, 0.29) is 10.0 Å². The van der Waals surface area contributed by atoms with Crippen molar-refractivity contribution in [1.29, 1.82) is 0 Å². The highest BCUT2D eigenvalue weighted by atomic mass is 35.5. The molecule has 0 bridgehead atoms. The van der Waals surface area contributed by atoms with E-state index in [1.807, 2.05) is 18.2 Å². The number of hydrogen-bond donors (Lipinski definition) is 1. The van der Waals surface area contributed by atoms with E-state index in [1.165, 1.54) is 17.7 Å². The second kappa shape index (κ2) is 8.13. The zero-order chi connectivity index (χ0) is 21.5. The van der Waals surface area contributed by atoms with Crippen LogP contribution in [-0.2, 0) is 14.6 Å². The predicted octanol–water partition coefficient (Wildman–Crippen LogP) is 4.82. The topological polar surface area (TPSA) is 72.0 Å². The molecule has 1 saturated carbocycles. The number of rotatable bonds is 7. The van der Waals surface area contributed by atoms with Gasteiger partial charge in [0.25, 0.3) is 0 Å². The Kier molecular flexibility index (Phi) is 5.70. The molecule has 2 aromatic carbocycles. The summed E-state index contributed by atoms with van der Waals surface area (Å²) in [5.41, 5.74) is 2.32. The van der Waals surface area contributed by atoms with Crippen molar-refractivity contribution < 1.29 is 17.5 Å². The Labute approximate surface area is 180 Å². The minimum Gasteiger partial charge on any atom is -0.365 e. The number of nitrogens with one attached hydrogen (secondary N) is 1. The fourth-order valence-electron chi connectivity index (χ4n) is 3.72. The van der Waals surface area contributed by atoms with Gasteiger partial charge in [-0.1, -0.05) is 48.0 Å². The van der Waals surface area contributed by atoms with Crippen molar-refractivity contribution in [2.45, 2.75) is 30.4 Å². The van der Waals surface area contributed by atoms with Crippen molar-refractivity contribution in [3.05, 3.63) is 82.0 Å². The van der Waals surface area contributed by atoms with E-state index in [2.05, 4.69) is 22.1 Å². The molecule has 30 heavy (non-hydrogen) atoms. The van der Waals surface area contributed by atoms with Crippen molar-refractivity contribution in [2.75, 3.05) is 12.9 Å². The molecule has 1 N–H and O–H groups in total. The summed E-state index contributed by atoms with van der Waals surface area (Å²) < 4.78 is 43.9. The molecule has 0 saturated heterocycles. The highest BCUT2D eigenvalue weighted by Gasteiger charge is 2.39. The molecule has 4 rings (SSSR count). The van der Waals surface area contributed by atoms with E-state index in [0.29, 0.717) is 35.5 Å². The Hall–Kier alpha value is -2.22. The van der Waals surface area contributed by atoms with E-state index < -0.39 is 21.8 Å². The van der Waals surface area contributed by atoms with Crippen LogP contribution < -0.4 is 0 Å². The van der Waals surface area contributed by atoms with E-state index in [4.69, 9.17) is 16.3 Å². The van der Waals surface area contributed by atoms with E-state index >= 15 is 0 Å². The first-order valence-corrected chi connectivity index (χ1v) is 11.9. The van der Waals surface area contributed by atoms with E-state index in [9.17, 15) is 12.8 Å². The van der Waals surface area contributed by atoms with Crippen LogP contribution in [0.3, 0.4) is 0 Å². The van der Waals surface area contributed by atoms with Crippen molar-refractivity contribution in [3.8, 4) is 0 Å². The number of imidazole rings is 1. The molecule has 3 atom stereocenters. The molecule has 3 unspecified atom stereocenters. The average Bonchev–Trinajstić information content (AvgIpc) is 3.37. The Morgan fingerprint density at radius 2 is 2.00 bits per heavy atom. The zero-order valence-corrected chi connectivity index (χ0v) is 18.2. The van der Waals surface area contributed by atoms with Gasteiger partial charge in [0.15, 0.2) is 14.9 Å². The van der Waals surface area contributed by atoms with Gasteiger partial charge >= 0.3 is 0 Å². The van der Waals surface area contributed by atoms with Gasteiger partial charge in [0.05, 0.1) is 17.3 Å². The van der Waals surface area contributed by atoms with Crippen LogP contribution in [0.1, 0.15) is 41.1 Å². The molecular weight excluding hydrogens is 427 g/mol. The van der Waals surface area contributed by atoms with Crippen molar-refractivity contribution in [1.82, 2.24) is 9.97 Å². The minimum atomic E-state index is -3.49. The Morgan fingerprint density at radius 3 is 2.63 bits per heavy atom. The van der Waals surface area contributed by atoms with Gasteiger partial charge in [-0.05, 0) is 48.4 Å². The monoisotopic (exact) mass is 448 g/mol. The summed E-state index contributed by atoms with van der Waals surface area (Å²) in [6, 6.07) is 14.6. The highest BCUT2D eigenvalue weighted by molar-refractivity contribution is 7.90. The third kappa shape index (κ3) is 4.43. The maximum atomic E-state index is 13.7. The Morgan fingerprint density at radius 1 is 1.27 bits per heavy atom. The molecule has 1 fully saturated rings. The zero-order valence-electron chi connectivity index (χ0n) is 16.6. The number of benzene rings is 2. The molecule has 0 radical (unpaired) electrons. The van der Waals surface area contributed by atoms with Crippen molar-refractivity contribution >= 4 is 21.4 Å². The fourth-order valence-corrected chi connectivity index (χ4v) is 4.78. The summed E-state index contributed by atoms with van der Waals surface area (Å²) in [5, 5.41) is -0.0470. The summed E-state index contributed by atoms with van der Waals surface area (Å²) in [4.78, 5) is 7.30. The average molecular weight is 449 g/mol. The number of aromatic nitrogens is 2. The molecule has 5 nitrogen and oxygen atoms in total. The largest absolute Gasteiger partial charge is 0.365 e. The molecule has 8 heteroatoms. The number of nitrogens with zero attached hydrogens (tertiary/aromatic N) is 1. The molecule has 1 aliphatic carbocycles. The van der Waals surface area contributed by atoms with Crippen molar-refractivity contribution in [2.24, 2.45) is 5.92 Å². The Bertz CT molecular complexity index is 1160. The van der Waals surface area contributed by atoms with Gasteiger partial charge in [-0.25, -0.2) is 17.8 Å². The minimum absolute atomic E-state index is 0.0205. The van der Waals surface area contributed by atoms with Gasteiger partial charge in [0.1, 0.15) is 17.7 Å². The van der Waals surface area contributed by atoms with Crippen LogP contribution in [-0.4, -0.2) is 31.2 Å². The van der Waals surface area contributed by atoms with Gasteiger partial charge in [-0.2, -0.15) is 0 Å². The first-order valence-electron chi connectivity index (χ1n) is 9.62. The van der Waals surface area contributed by atoms with Crippen LogP contribution in [0.2, 0.25) is 5.02 Å². The quantitative estimate of drug-likeness (QED) is 0.562. The van der Waals surface area contributed by atoms with Gasteiger partial charge in [-0.15, -0.1) is 0 Å². The first-order chi connectivity index (χ1) is 14.2. The van der Waals surface area contributed by atoms with Crippen LogP contribution in [0.4, 0.5) is 4.39 Å². The summed E-state index contributed by atoms with van der Waals surface area (Å²) in [7, 11) is -3.49. The lowest BCUT2D eigenvalue weighted by molar-refractivity contribution is 0.0654. The van der Waals surface area contributed by atoms with Crippen LogP contribution in [0.5, 0.6) is 0 Å². The number of aromatic amines is 1. The fraction of sp³-hybridized carbons (Fsp3) is 0.318. The summed E-state index contributed by atoms with van der Waals surface area (Å²) in [5.74, 6) is 0.621. The molecule has 158 valence electrons. The molecule has 3 aromatic rings. The van der Waals surface area contributed by atoms with Gasteiger partial charge < -0.3 is 9.72 Å². The lowest BCUT2D eigenvalue weighted by Gasteiger charge is -2.17. The Balaban J connectivity index is 1.59. The van der Waals surface area contributed by atoms with E-state index in [1.54, 1.807) is 13.0 Å². The summed E-state index contributed by atoms with van der Waals surface area (Å²) in [6.07, 6.45) is 1.45. The standard InChI is InChI=1S/C22H22ClFN2O3S/c1-13-22(30(2,27)28)26-21(25-13)20(15-8-9-19(24)18(23)11-15)29-12-16-10-17(16)14-6-4-3-5-7-14/h3-9,11,16-17,20H,10,12H2,1-2H3,(H,25,26). The lowest BCUT2D eigenvalue weighted by atomic mass is 10.1. The molecule has 0 amide bonds. The van der Waals surface area contributed by atoms with Crippen LogP contribution >= 0.6 is 11.6 Å². The second-order valence-corrected chi connectivity index (χ2v) is 10.1. The highest BCUT2D eigenvalue weighted by Crippen LogP contribution is 2.48. The predicted molar refractivity (Wildman–Crippen MR) is 113 cm³/mol. The summed E-state index contributed by atoms with van der Waals surface area (Å²) >= 11 is 5.98. The maximum Gasteiger partial charge on any atom is 0.194 e. The molecule has 1 aromatic heterocycles. The number of hydrogen-bond acceptors (Lipinski definition) is 4. The maximum absolute atomic E-state index is 13.7. The lowest BCUT2D eigenvalue weighted by Crippen LogP contribution is -2.11.